The quantitative estimate of drug-likeness (QED) is 0.317. The van der Waals surface area contributed by atoms with Crippen LogP contribution >= 0.6 is 11.3 Å². The van der Waals surface area contributed by atoms with Crippen LogP contribution in [0.2, 0.25) is 0 Å². The third-order valence-corrected chi connectivity index (χ3v) is 3.29. The molecule has 3 aromatic heterocycles. The third-order valence-electron chi connectivity index (χ3n) is 2.46. The summed E-state index contributed by atoms with van der Waals surface area (Å²) in [6.45, 7) is 0. The number of aromatic nitrogens is 3. The number of imidazole rings is 1. The first-order valence-corrected chi connectivity index (χ1v) is 6.66. The standard InChI is InChI=1S/C11H10N6O3S/c1-15(2)6-12-10-14-16-5-7(13-11(16)21-10)8-3-4-9(20-8)17(18)19/h3-6H,1-2H3/b12-6+. The van der Waals surface area contributed by atoms with Gasteiger partial charge in [-0.3, -0.25) is 10.1 Å². The van der Waals surface area contributed by atoms with Gasteiger partial charge in [-0.25, -0.2) is 14.5 Å². The Morgan fingerprint density at radius 2 is 2.33 bits per heavy atom. The molecule has 0 aromatic carbocycles. The largest absolute Gasteiger partial charge is 0.433 e. The number of rotatable bonds is 4. The average molecular weight is 306 g/mol. The first-order chi connectivity index (χ1) is 10.0. The van der Waals surface area contributed by atoms with Crippen LogP contribution < -0.4 is 0 Å². The molecule has 0 bridgehead atoms. The van der Waals surface area contributed by atoms with Crippen molar-refractivity contribution in [1.82, 2.24) is 19.5 Å². The minimum atomic E-state index is -0.589. The summed E-state index contributed by atoms with van der Waals surface area (Å²) in [6, 6.07) is 2.80. The zero-order chi connectivity index (χ0) is 15.0. The van der Waals surface area contributed by atoms with Crippen molar-refractivity contribution in [1.29, 1.82) is 0 Å². The first-order valence-electron chi connectivity index (χ1n) is 5.84. The molecule has 21 heavy (non-hydrogen) atoms. The molecule has 0 unspecified atom stereocenters. The number of furan rings is 1. The van der Waals surface area contributed by atoms with Crippen LogP contribution in [0.3, 0.4) is 0 Å². The minimum Gasteiger partial charge on any atom is -0.399 e. The highest BCUT2D eigenvalue weighted by Gasteiger charge is 2.16. The molecule has 0 atom stereocenters. The van der Waals surface area contributed by atoms with Crippen molar-refractivity contribution in [3.8, 4) is 11.5 Å². The van der Waals surface area contributed by atoms with Gasteiger partial charge >= 0.3 is 5.88 Å². The molecule has 0 saturated carbocycles. The van der Waals surface area contributed by atoms with Gasteiger partial charge in [0.1, 0.15) is 10.6 Å². The molecular formula is C11H10N6O3S. The van der Waals surface area contributed by atoms with Crippen LogP contribution in [0, 0.1) is 10.1 Å². The predicted molar refractivity (Wildman–Crippen MR) is 77.1 cm³/mol. The highest BCUT2D eigenvalue weighted by Crippen LogP contribution is 2.28. The highest BCUT2D eigenvalue weighted by molar-refractivity contribution is 7.20. The molecule has 9 nitrogen and oxygen atoms in total. The lowest BCUT2D eigenvalue weighted by Crippen LogP contribution is -2.06. The number of nitrogens with zero attached hydrogens (tertiary/aromatic N) is 6. The predicted octanol–water partition coefficient (Wildman–Crippen LogP) is 2.18. The van der Waals surface area contributed by atoms with E-state index in [1.54, 1.807) is 22.0 Å². The summed E-state index contributed by atoms with van der Waals surface area (Å²) in [5.74, 6) is 0.0170. The molecule has 0 N–H and O–H groups in total. The normalized spacial score (nSPS) is 11.5. The van der Waals surface area contributed by atoms with E-state index < -0.39 is 4.92 Å². The summed E-state index contributed by atoms with van der Waals surface area (Å²) >= 11 is 1.31. The molecule has 0 spiro atoms. The van der Waals surface area contributed by atoms with E-state index in [-0.39, 0.29) is 5.88 Å². The van der Waals surface area contributed by atoms with Gasteiger partial charge in [0.2, 0.25) is 10.1 Å². The zero-order valence-electron chi connectivity index (χ0n) is 11.1. The molecule has 0 aliphatic rings. The monoisotopic (exact) mass is 306 g/mol. The fraction of sp³-hybridized carbons (Fsp3) is 0.182. The highest BCUT2D eigenvalue weighted by atomic mass is 32.1. The van der Waals surface area contributed by atoms with E-state index in [9.17, 15) is 10.1 Å². The Morgan fingerprint density at radius 1 is 1.52 bits per heavy atom. The molecule has 0 saturated heterocycles. The van der Waals surface area contributed by atoms with E-state index in [0.29, 0.717) is 21.5 Å². The second-order valence-electron chi connectivity index (χ2n) is 4.34. The Labute approximate surface area is 122 Å². The van der Waals surface area contributed by atoms with E-state index in [1.165, 1.54) is 23.5 Å². The summed E-state index contributed by atoms with van der Waals surface area (Å²) in [5, 5.41) is 15.4. The molecule has 0 amide bonds. The van der Waals surface area contributed by atoms with Crippen LogP contribution in [-0.2, 0) is 0 Å². The van der Waals surface area contributed by atoms with Gasteiger partial charge in [-0.1, -0.05) is 11.3 Å². The Morgan fingerprint density at radius 3 is 2.95 bits per heavy atom. The molecule has 3 rings (SSSR count). The topological polar surface area (TPSA) is 102 Å². The molecule has 3 aromatic rings. The smallest absolute Gasteiger partial charge is 0.399 e. The van der Waals surface area contributed by atoms with Crippen LogP contribution in [0.1, 0.15) is 0 Å². The summed E-state index contributed by atoms with van der Waals surface area (Å²) in [5.41, 5.74) is 0.491. The van der Waals surface area contributed by atoms with Crippen molar-refractivity contribution in [2.75, 3.05) is 14.1 Å². The zero-order valence-corrected chi connectivity index (χ0v) is 11.9. The molecule has 10 heteroatoms. The number of nitro groups is 1. The Hall–Kier alpha value is -2.75. The van der Waals surface area contributed by atoms with Crippen LogP contribution in [0.15, 0.2) is 27.7 Å². The Kier molecular flexibility index (Phi) is 3.14. The lowest BCUT2D eigenvalue weighted by molar-refractivity contribution is -0.401. The van der Waals surface area contributed by atoms with Gasteiger partial charge in [0.25, 0.3) is 0 Å². The van der Waals surface area contributed by atoms with Crippen LogP contribution in [-0.4, -0.2) is 44.9 Å². The molecule has 0 aliphatic heterocycles. The van der Waals surface area contributed by atoms with Gasteiger partial charge in [0.05, 0.1) is 18.6 Å². The minimum absolute atomic E-state index is 0.314. The van der Waals surface area contributed by atoms with E-state index in [2.05, 4.69) is 15.1 Å². The lowest BCUT2D eigenvalue weighted by atomic mass is 10.4. The summed E-state index contributed by atoms with van der Waals surface area (Å²) < 4.78 is 6.67. The second-order valence-corrected chi connectivity index (χ2v) is 5.28. The number of fused-ring (bicyclic) bond motifs is 1. The first kappa shape index (κ1) is 13.2. The van der Waals surface area contributed by atoms with Crippen molar-refractivity contribution in [3.63, 3.8) is 0 Å². The van der Waals surface area contributed by atoms with Gasteiger partial charge in [-0.2, -0.15) is 0 Å². The van der Waals surface area contributed by atoms with Crippen molar-refractivity contribution in [3.05, 3.63) is 28.4 Å². The van der Waals surface area contributed by atoms with Crippen molar-refractivity contribution in [2.45, 2.75) is 0 Å². The molecule has 0 fully saturated rings. The number of hydrogen-bond donors (Lipinski definition) is 0. The van der Waals surface area contributed by atoms with Gasteiger partial charge < -0.3 is 9.32 Å². The van der Waals surface area contributed by atoms with Crippen molar-refractivity contribution in [2.24, 2.45) is 4.99 Å². The maximum Gasteiger partial charge on any atom is 0.433 e. The average Bonchev–Trinajstić information content (AvgIpc) is 3.09. The van der Waals surface area contributed by atoms with Crippen LogP contribution in [0.4, 0.5) is 11.0 Å². The maximum atomic E-state index is 10.6. The molecule has 0 radical (unpaired) electrons. The van der Waals surface area contributed by atoms with Gasteiger partial charge in [0.15, 0.2) is 5.76 Å². The Balaban J connectivity index is 1.91. The van der Waals surface area contributed by atoms with Crippen LogP contribution in [0.25, 0.3) is 16.4 Å². The number of aliphatic imine (C=N–C) groups is 1. The van der Waals surface area contributed by atoms with E-state index in [1.807, 2.05) is 14.1 Å². The van der Waals surface area contributed by atoms with Gasteiger partial charge in [-0.15, -0.1) is 5.10 Å². The van der Waals surface area contributed by atoms with E-state index in [4.69, 9.17) is 4.42 Å². The third kappa shape index (κ3) is 2.60. The molecular weight excluding hydrogens is 296 g/mol. The van der Waals surface area contributed by atoms with E-state index in [0.717, 1.165) is 0 Å². The number of hydrogen-bond acceptors (Lipinski definition) is 7. The van der Waals surface area contributed by atoms with E-state index >= 15 is 0 Å². The van der Waals surface area contributed by atoms with Gasteiger partial charge in [-0.05, 0) is 6.07 Å². The molecule has 0 aliphatic carbocycles. The van der Waals surface area contributed by atoms with Gasteiger partial charge in [0, 0.05) is 14.1 Å². The van der Waals surface area contributed by atoms with Crippen molar-refractivity contribution >= 4 is 33.7 Å². The summed E-state index contributed by atoms with van der Waals surface area (Å²) in [6.07, 6.45) is 3.29. The fourth-order valence-electron chi connectivity index (χ4n) is 1.59. The SMILES string of the molecule is CN(C)/C=N/c1nn2cc(-c3ccc([N+](=O)[O-])o3)nc2s1. The Bertz CT molecular complexity index is 799. The van der Waals surface area contributed by atoms with Crippen LogP contribution in [0.5, 0.6) is 0 Å². The molecule has 3 heterocycles. The molecule has 108 valence electrons. The van der Waals surface area contributed by atoms with Crippen molar-refractivity contribution < 1.29 is 9.34 Å². The maximum absolute atomic E-state index is 10.6. The summed E-state index contributed by atoms with van der Waals surface area (Å²) in [7, 11) is 3.73. The summed E-state index contributed by atoms with van der Waals surface area (Å²) in [4.78, 5) is 20.9. The lowest BCUT2D eigenvalue weighted by Gasteiger charge is -1.99. The fourth-order valence-corrected chi connectivity index (χ4v) is 2.31. The second kappa shape index (κ2) is 4.98.